The van der Waals surface area contributed by atoms with Gasteiger partial charge in [-0.1, -0.05) is 29.8 Å². The number of carbonyl (C=O) groups is 2. The fraction of sp³-hybridized carbons (Fsp3) is 0.571. The van der Waals surface area contributed by atoms with E-state index in [-0.39, 0.29) is 29.0 Å². The van der Waals surface area contributed by atoms with Crippen molar-refractivity contribution in [1.82, 2.24) is 4.98 Å². The Labute approximate surface area is 132 Å². The number of esters is 1. The predicted molar refractivity (Wildman–Crippen MR) is 82.9 cm³/mol. The molecule has 4 nitrogen and oxygen atoms in total. The van der Waals surface area contributed by atoms with Crippen molar-refractivity contribution in [1.29, 1.82) is 0 Å². The van der Waals surface area contributed by atoms with Gasteiger partial charge in [0.05, 0.1) is 17.3 Å². The number of hydrogen-bond donors (Lipinski definition) is 1. The molecule has 1 rings (SSSR count). The van der Waals surface area contributed by atoms with Gasteiger partial charge in [0.15, 0.2) is 5.78 Å². The van der Waals surface area contributed by atoms with Crippen molar-refractivity contribution >= 4 is 39.3 Å². The highest BCUT2D eigenvalue weighted by atomic mass is 79.9. The summed E-state index contributed by atoms with van der Waals surface area (Å²) in [5, 5.41) is 0. The van der Waals surface area contributed by atoms with Gasteiger partial charge in [0.25, 0.3) is 0 Å². The molecule has 1 atom stereocenters. The highest BCUT2D eigenvalue weighted by Crippen LogP contribution is 2.26. The molecular weight excluding hydrogens is 346 g/mol. The van der Waals surface area contributed by atoms with Gasteiger partial charge in [-0.2, -0.15) is 0 Å². The molecule has 0 aliphatic heterocycles. The van der Waals surface area contributed by atoms with Crippen LogP contribution in [0.1, 0.15) is 52.9 Å². The van der Waals surface area contributed by atoms with Gasteiger partial charge >= 0.3 is 5.97 Å². The maximum Gasteiger partial charge on any atom is 0.355 e. The Kier molecular flexibility index (Phi) is 6.27. The zero-order valence-corrected chi connectivity index (χ0v) is 14.4. The van der Waals surface area contributed by atoms with E-state index in [1.165, 1.54) is 0 Å². The average molecular weight is 365 g/mol. The number of alkyl halides is 2. The van der Waals surface area contributed by atoms with Crippen LogP contribution < -0.4 is 0 Å². The molecule has 1 heterocycles. The maximum absolute atomic E-state index is 12.5. The Balaban J connectivity index is 3.26. The fourth-order valence-electron chi connectivity index (χ4n) is 1.94. The second-order valence-electron chi connectivity index (χ2n) is 4.84. The molecule has 1 unspecified atom stereocenters. The van der Waals surface area contributed by atoms with E-state index in [1.807, 2.05) is 13.8 Å². The molecule has 112 valence electrons. The van der Waals surface area contributed by atoms with Crippen LogP contribution in [0.3, 0.4) is 0 Å². The van der Waals surface area contributed by atoms with Crippen LogP contribution in [0.15, 0.2) is 0 Å². The topological polar surface area (TPSA) is 59.2 Å². The van der Waals surface area contributed by atoms with Crippen molar-refractivity contribution in [3.05, 3.63) is 22.5 Å². The van der Waals surface area contributed by atoms with Crippen molar-refractivity contribution in [3.63, 3.8) is 0 Å². The summed E-state index contributed by atoms with van der Waals surface area (Å²) in [6.45, 7) is 7.64. The zero-order chi connectivity index (χ0) is 15.4. The van der Waals surface area contributed by atoms with E-state index < -0.39 is 5.97 Å². The first-order valence-electron chi connectivity index (χ1n) is 6.47. The molecule has 0 saturated heterocycles. The third kappa shape index (κ3) is 3.44. The second-order valence-corrected chi connectivity index (χ2v) is 6.10. The molecule has 0 aliphatic carbocycles. The van der Waals surface area contributed by atoms with Crippen molar-refractivity contribution in [2.75, 3.05) is 6.61 Å². The molecule has 0 fully saturated rings. The normalized spacial score (nSPS) is 12.6. The Bertz CT molecular complexity index is 511. The number of Topliss-reactive ketones (excluding diaryl/α,β-unsaturated/α-hetero) is 1. The summed E-state index contributed by atoms with van der Waals surface area (Å²) in [6, 6.07) is 0. The highest BCUT2D eigenvalue weighted by molar-refractivity contribution is 9.10. The monoisotopic (exact) mass is 363 g/mol. The first-order valence-corrected chi connectivity index (χ1v) is 7.92. The van der Waals surface area contributed by atoms with E-state index in [4.69, 9.17) is 16.3 Å². The summed E-state index contributed by atoms with van der Waals surface area (Å²) in [4.78, 5) is 27.0. The number of halogens is 2. The van der Waals surface area contributed by atoms with E-state index in [2.05, 4.69) is 20.9 Å². The van der Waals surface area contributed by atoms with E-state index in [9.17, 15) is 9.59 Å². The number of aromatic amines is 1. The molecule has 0 aliphatic rings. The number of H-pyrrole nitrogens is 1. The minimum Gasteiger partial charge on any atom is -0.461 e. The van der Waals surface area contributed by atoms with E-state index >= 15 is 0 Å². The van der Waals surface area contributed by atoms with Crippen molar-refractivity contribution in [2.45, 2.75) is 38.4 Å². The van der Waals surface area contributed by atoms with Crippen LogP contribution in [0.2, 0.25) is 0 Å². The van der Waals surface area contributed by atoms with Crippen LogP contribution in [0, 0.1) is 12.8 Å². The molecule has 1 N–H and O–H groups in total. The zero-order valence-electron chi connectivity index (χ0n) is 12.0. The summed E-state index contributed by atoms with van der Waals surface area (Å²) in [5.41, 5.74) is 1.93. The second kappa shape index (κ2) is 7.27. The van der Waals surface area contributed by atoms with Gasteiger partial charge in [-0.25, -0.2) is 4.79 Å². The first-order chi connectivity index (χ1) is 9.34. The van der Waals surface area contributed by atoms with E-state index in [0.717, 1.165) is 0 Å². The Morgan fingerprint density at radius 2 is 2.00 bits per heavy atom. The fourth-order valence-corrected chi connectivity index (χ4v) is 2.37. The molecule has 6 heteroatoms. The molecule has 0 radical (unpaired) electrons. The van der Waals surface area contributed by atoms with Gasteiger partial charge in [-0.05, 0) is 25.3 Å². The van der Waals surface area contributed by atoms with E-state index in [1.54, 1.807) is 13.8 Å². The SMILES string of the molecule is CCOC(=O)c1[nH]c(CCl)c(C(=O)C(Br)C(C)C)c1C. The summed E-state index contributed by atoms with van der Waals surface area (Å²) < 4.78 is 4.97. The van der Waals surface area contributed by atoms with Crippen LogP contribution in [0.4, 0.5) is 0 Å². The van der Waals surface area contributed by atoms with Gasteiger partial charge in [-0.15, -0.1) is 11.6 Å². The Morgan fingerprint density at radius 3 is 2.45 bits per heavy atom. The maximum atomic E-state index is 12.5. The van der Waals surface area contributed by atoms with Crippen molar-refractivity contribution in [3.8, 4) is 0 Å². The lowest BCUT2D eigenvalue weighted by Gasteiger charge is -2.13. The largest absolute Gasteiger partial charge is 0.461 e. The quantitative estimate of drug-likeness (QED) is 0.474. The number of ketones is 1. The number of carbonyl (C=O) groups excluding carboxylic acids is 2. The molecule has 0 saturated carbocycles. The van der Waals surface area contributed by atoms with Gasteiger partial charge in [0, 0.05) is 11.3 Å². The van der Waals surface area contributed by atoms with E-state index in [0.29, 0.717) is 22.5 Å². The number of ether oxygens (including phenoxy) is 1. The molecule has 0 bridgehead atoms. The smallest absolute Gasteiger partial charge is 0.355 e. The molecular formula is C14H19BrClNO3. The predicted octanol–water partition coefficient (Wildman–Crippen LogP) is 3.84. The molecule has 20 heavy (non-hydrogen) atoms. The third-order valence-electron chi connectivity index (χ3n) is 3.02. The lowest BCUT2D eigenvalue weighted by molar-refractivity contribution is 0.0519. The molecule has 0 spiro atoms. The van der Waals surface area contributed by atoms with Crippen molar-refractivity contribution in [2.24, 2.45) is 5.92 Å². The van der Waals surface area contributed by atoms with Gasteiger partial charge in [0.2, 0.25) is 0 Å². The number of nitrogens with one attached hydrogen (secondary N) is 1. The summed E-state index contributed by atoms with van der Waals surface area (Å²) >= 11 is 9.27. The first kappa shape index (κ1) is 17.2. The average Bonchev–Trinajstić information content (AvgIpc) is 2.74. The Morgan fingerprint density at radius 1 is 1.40 bits per heavy atom. The van der Waals surface area contributed by atoms with Crippen molar-refractivity contribution < 1.29 is 14.3 Å². The van der Waals surface area contributed by atoms with Gasteiger partial charge < -0.3 is 9.72 Å². The molecule has 0 amide bonds. The Hall–Kier alpha value is -0.810. The minimum absolute atomic E-state index is 0.0695. The number of aromatic nitrogens is 1. The standard InChI is InChI=1S/C14H19BrClNO3/c1-5-20-14(19)12-8(4)10(9(6-16)17-12)13(18)11(15)7(2)3/h7,11,17H,5-6H2,1-4H3. The third-order valence-corrected chi connectivity index (χ3v) is 4.76. The van der Waals surface area contributed by atoms with Gasteiger partial charge in [0.1, 0.15) is 5.69 Å². The summed E-state index contributed by atoms with van der Waals surface area (Å²) in [6.07, 6.45) is 0. The lowest BCUT2D eigenvalue weighted by Crippen LogP contribution is -2.21. The van der Waals surface area contributed by atoms with Crippen LogP contribution >= 0.6 is 27.5 Å². The lowest BCUT2D eigenvalue weighted by atomic mass is 9.98. The minimum atomic E-state index is -0.467. The summed E-state index contributed by atoms with van der Waals surface area (Å²) in [7, 11) is 0. The highest BCUT2D eigenvalue weighted by Gasteiger charge is 2.29. The van der Waals surface area contributed by atoms with Crippen LogP contribution in [0.25, 0.3) is 0 Å². The van der Waals surface area contributed by atoms with Gasteiger partial charge in [-0.3, -0.25) is 4.79 Å². The molecule has 0 aromatic carbocycles. The number of rotatable bonds is 6. The van der Waals surface area contributed by atoms with Crippen LogP contribution in [-0.2, 0) is 10.6 Å². The summed E-state index contributed by atoms with van der Waals surface area (Å²) in [5.74, 6) is -0.254. The number of hydrogen-bond acceptors (Lipinski definition) is 3. The molecule has 1 aromatic heterocycles. The van der Waals surface area contributed by atoms with Crippen LogP contribution in [-0.4, -0.2) is 28.2 Å². The molecule has 1 aromatic rings. The van der Waals surface area contributed by atoms with Crippen LogP contribution in [0.5, 0.6) is 0 Å².